The minimum Gasteiger partial charge on any atom is -0.469 e. The predicted molar refractivity (Wildman–Crippen MR) is 98.3 cm³/mol. The highest BCUT2D eigenvalue weighted by molar-refractivity contribution is 5.78. The molecule has 1 aliphatic heterocycles. The second-order valence-corrected chi connectivity index (χ2v) is 7.03. The quantitative estimate of drug-likeness (QED) is 0.805. The van der Waals surface area contributed by atoms with Crippen LogP contribution in [0.15, 0.2) is 18.2 Å². The van der Waals surface area contributed by atoms with Crippen LogP contribution in [0.1, 0.15) is 55.3 Å². The van der Waals surface area contributed by atoms with Crippen molar-refractivity contribution in [2.75, 3.05) is 20.2 Å². The van der Waals surface area contributed by atoms with Gasteiger partial charge in [0.05, 0.1) is 26.1 Å². The van der Waals surface area contributed by atoms with Crippen LogP contribution in [-0.4, -0.2) is 43.0 Å². The fourth-order valence-corrected chi connectivity index (χ4v) is 3.36. The third-order valence-corrected chi connectivity index (χ3v) is 5.13. The lowest BCUT2D eigenvalue weighted by Crippen LogP contribution is -2.46. The van der Waals surface area contributed by atoms with Gasteiger partial charge >= 0.3 is 5.97 Å². The summed E-state index contributed by atoms with van der Waals surface area (Å²) in [7, 11) is 1.41. The van der Waals surface area contributed by atoms with Gasteiger partial charge in [-0.25, -0.2) is 0 Å². The number of carbonyl (C=O) groups excluding carboxylic acids is 2. The average Bonchev–Trinajstić information content (AvgIpc) is 2.58. The third kappa shape index (κ3) is 5.56. The van der Waals surface area contributed by atoms with Crippen LogP contribution in [0.3, 0.4) is 0 Å². The zero-order chi connectivity index (χ0) is 18.4. The molecule has 138 valence electrons. The average molecular weight is 346 g/mol. The summed E-state index contributed by atoms with van der Waals surface area (Å²) < 4.78 is 4.78. The number of ether oxygens (including phenoxy) is 1. The van der Waals surface area contributed by atoms with E-state index >= 15 is 0 Å². The monoisotopic (exact) mass is 346 g/mol. The van der Waals surface area contributed by atoms with Crippen molar-refractivity contribution in [1.82, 2.24) is 10.2 Å². The SMILES string of the molecule is COC(=O)C[C@H]1CCCCN1CC(=O)N[C@@H](C)c1ccc(C)c(C)c1. The van der Waals surface area contributed by atoms with E-state index in [1.165, 1.54) is 18.2 Å². The molecular weight excluding hydrogens is 316 g/mol. The maximum atomic E-state index is 12.5. The Morgan fingerprint density at radius 2 is 2.04 bits per heavy atom. The summed E-state index contributed by atoms with van der Waals surface area (Å²) in [4.78, 5) is 26.2. The number of benzene rings is 1. The van der Waals surface area contributed by atoms with Gasteiger partial charge in [-0.1, -0.05) is 24.6 Å². The van der Waals surface area contributed by atoms with Crippen molar-refractivity contribution in [3.63, 3.8) is 0 Å². The molecule has 1 heterocycles. The van der Waals surface area contributed by atoms with E-state index in [1.54, 1.807) is 0 Å². The number of methoxy groups -OCH3 is 1. The molecule has 25 heavy (non-hydrogen) atoms. The molecule has 0 bridgehead atoms. The van der Waals surface area contributed by atoms with Gasteiger partial charge in [0.15, 0.2) is 0 Å². The number of rotatable bonds is 6. The molecule has 1 N–H and O–H groups in total. The molecule has 1 amide bonds. The number of amides is 1. The Hall–Kier alpha value is -1.88. The first kappa shape index (κ1) is 19.4. The zero-order valence-corrected chi connectivity index (χ0v) is 15.8. The fraction of sp³-hybridized carbons (Fsp3) is 0.600. The number of esters is 1. The predicted octanol–water partition coefficient (Wildman–Crippen LogP) is 2.90. The van der Waals surface area contributed by atoms with Crippen molar-refractivity contribution >= 4 is 11.9 Å². The molecule has 0 aromatic heterocycles. The van der Waals surface area contributed by atoms with Crippen molar-refractivity contribution < 1.29 is 14.3 Å². The van der Waals surface area contributed by atoms with E-state index in [9.17, 15) is 9.59 Å². The normalized spacial score (nSPS) is 19.3. The topological polar surface area (TPSA) is 58.6 Å². The molecule has 1 saturated heterocycles. The number of aryl methyl sites for hydroxylation is 2. The van der Waals surface area contributed by atoms with E-state index in [1.807, 2.05) is 6.92 Å². The van der Waals surface area contributed by atoms with E-state index in [-0.39, 0.29) is 24.0 Å². The Bertz CT molecular complexity index is 615. The molecule has 1 aromatic rings. The molecule has 1 aromatic carbocycles. The summed E-state index contributed by atoms with van der Waals surface area (Å²) in [6.45, 7) is 7.35. The number of hydrogen-bond donors (Lipinski definition) is 1. The van der Waals surface area contributed by atoms with Crippen LogP contribution in [0.4, 0.5) is 0 Å². The smallest absolute Gasteiger partial charge is 0.307 e. The summed E-state index contributed by atoms with van der Waals surface area (Å²) in [6.07, 6.45) is 3.46. The van der Waals surface area contributed by atoms with Crippen molar-refractivity contribution in [1.29, 1.82) is 0 Å². The molecular formula is C20H30N2O3. The largest absolute Gasteiger partial charge is 0.469 e. The highest BCUT2D eigenvalue weighted by atomic mass is 16.5. The second-order valence-electron chi connectivity index (χ2n) is 7.03. The van der Waals surface area contributed by atoms with Crippen LogP contribution < -0.4 is 5.32 Å². The van der Waals surface area contributed by atoms with Gasteiger partial charge in [-0.2, -0.15) is 0 Å². The molecule has 0 unspecified atom stereocenters. The van der Waals surface area contributed by atoms with Gasteiger partial charge < -0.3 is 10.1 Å². The lowest BCUT2D eigenvalue weighted by molar-refractivity contribution is -0.143. The highest BCUT2D eigenvalue weighted by Crippen LogP contribution is 2.20. The van der Waals surface area contributed by atoms with Gasteiger partial charge in [-0.3, -0.25) is 14.5 Å². The lowest BCUT2D eigenvalue weighted by Gasteiger charge is -2.34. The fourth-order valence-electron chi connectivity index (χ4n) is 3.36. The second kappa shape index (κ2) is 8.99. The molecule has 0 saturated carbocycles. The third-order valence-electron chi connectivity index (χ3n) is 5.13. The Kier molecular flexibility index (Phi) is 7.00. The van der Waals surface area contributed by atoms with Gasteiger partial charge in [0.1, 0.15) is 0 Å². The molecule has 0 radical (unpaired) electrons. The summed E-state index contributed by atoms with van der Waals surface area (Å²) >= 11 is 0. The maximum Gasteiger partial charge on any atom is 0.307 e. The molecule has 2 atom stereocenters. The first-order valence-electron chi connectivity index (χ1n) is 9.08. The van der Waals surface area contributed by atoms with E-state index in [0.717, 1.165) is 31.4 Å². The van der Waals surface area contributed by atoms with Crippen LogP contribution >= 0.6 is 0 Å². The van der Waals surface area contributed by atoms with E-state index in [4.69, 9.17) is 4.74 Å². The van der Waals surface area contributed by atoms with Crippen LogP contribution in [0.2, 0.25) is 0 Å². The van der Waals surface area contributed by atoms with Crippen molar-refractivity contribution in [3.05, 3.63) is 34.9 Å². The van der Waals surface area contributed by atoms with Gasteiger partial charge in [0, 0.05) is 6.04 Å². The standard InChI is InChI=1S/C20H30N2O3/c1-14-8-9-17(11-15(14)2)16(3)21-19(23)13-22-10-6-5-7-18(22)12-20(24)25-4/h8-9,11,16,18H,5-7,10,12-13H2,1-4H3,(H,21,23)/t16-,18+/m0/s1. The maximum absolute atomic E-state index is 12.5. The van der Waals surface area contributed by atoms with Crippen LogP contribution in [0, 0.1) is 13.8 Å². The Labute approximate surface area is 150 Å². The molecule has 5 heteroatoms. The van der Waals surface area contributed by atoms with Gasteiger partial charge in [-0.05, 0) is 56.8 Å². The number of nitrogens with zero attached hydrogens (tertiary/aromatic N) is 1. The first-order chi connectivity index (χ1) is 11.9. The molecule has 1 fully saturated rings. The van der Waals surface area contributed by atoms with Crippen molar-refractivity contribution in [2.24, 2.45) is 0 Å². The van der Waals surface area contributed by atoms with E-state index in [0.29, 0.717) is 13.0 Å². The Morgan fingerprint density at radius 1 is 1.28 bits per heavy atom. The highest BCUT2D eigenvalue weighted by Gasteiger charge is 2.27. The van der Waals surface area contributed by atoms with Gasteiger partial charge in [0.2, 0.25) is 5.91 Å². The van der Waals surface area contributed by atoms with Crippen LogP contribution in [0.25, 0.3) is 0 Å². The van der Waals surface area contributed by atoms with Crippen molar-refractivity contribution in [3.8, 4) is 0 Å². The van der Waals surface area contributed by atoms with Crippen LogP contribution in [0.5, 0.6) is 0 Å². The van der Waals surface area contributed by atoms with E-state index in [2.05, 4.69) is 42.3 Å². The Balaban J connectivity index is 1.92. The number of hydrogen-bond acceptors (Lipinski definition) is 4. The van der Waals surface area contributed by atoms with Crippen molar-refractivity contribution in [2.45, 2.75) is 58.5 Å². The first-order valence-corrected chi connectivity index (χ1v) is 9.08. The number of carbonyl (C=O) groups is 2. The van der Waals surface area contributed by atoms with Gasteiger partial charge in [-0.15, -0.1) is 0 Å². The number of nitrogens with one attached hydrogen (secondary N) is 1. The molecule has 1 aliphatic rings. The summed E-state index contributed by atoms with van der Waals surface area (Å²) in [6, 6.07) is 6.35. The summed E-state index contributed by atoms with van der Waals surface area (Å²) in [5.74, 6) is -0.205. The molecule has 0 aliphatic carbocycles. The minimum absolute atomic E-state index is 0.00231. The minimum atomic E-state index is -0.208. The summed E-state index contributed by atoms with van der Waals surface area (Å²) in [5, 5.41) is 3.08. The number of piperidine rings is 1. The zero-order valence-electron chi connectivity index (χ0n) is 15.8. The Morgan fingerprint density at radius 3 is 2.72 bits per heavy atom. The summed E-state index contributed by atoms with van der Waals surface area (Å²) in [5.41, 5.74) is 3.59. The molecule has 2 rings (SSSR count). The molecule has 5 nitrogen and oxygen atoms in total. The number of likely N-dealkylation sites (tertiary alicyclic amines) is 1. The van der Waals surface area contributed by atoms with Crippen LogP contribution in [-0.2, 0) is 14.3 Å². The molecule has 0 spiro atoms. The van der Waals surface area contributed by atoms with E-state index < -0.39 is 0 Å². The van der Waals surface area contributed by atoms with Gasteiger partial charge in [0.25, 0.3) is 0 Å². The lowest BCUT2D eigenvalue weighted by atomic mass is 9.99.